The first kappa shape index (κ1) is 13.3. The van der Waals surface area contributed by atoms with Gasteiger partial charge >= 0.3 is 6.03 Å². The Labute approximate surface area is 112 Å². The molecule has 1 heterocycles. The van der Waals surface area contributed by atoms with Crippen LogP contribution >= 0.6 is 0 Å². The first-order valence-corrected chi connectivity index (χ1v) is 6.23. The van der Waals surface area contributed by atoms with Crippen LogP contribution in [-0.2, 0) is 0 Å². The van der Waals surface area contributed by atoms with E-state index >= 15 is 0 Å². The molecule has 0 aromatic heterocycles. The number of carbonyl (C=O) groups excluding carboxylic acids is 1. The molecule has 1 fully saturated rings. The van der Waals surface area contributed by atoms with Crippen molar-refractivity contribution in [1.29, 1.82) is 0 Å². The lowest BCUT2D eigenvalue weighted by atomic mass is 10.2. The van der Waals surface area contributed by atoms with E-state index < -0.39 is 0 Å². The van der Waals surface area contributed by atoms with Crippen molar-refractivity contribution in [3.8, 4) is 11.5 Å². The van der Waals surface area contributed by atoms with Gasteiger partial charge in [0, 0.05) is 32.2 Å². The van der Waals surface area contributed by atoms with Crippen molar-refractivity contribution in [3.63, 3.8) is 0 Å². The van der Waals surface area contributed by atoms with Crippen molar-refractivity contribution in [2.75, 3.05) is 45.7 Å². The van der Waals surface area contributed by atoms with Gasteiger partial charge in [-0.3, -0.25) is 0 Å². The lowest BCUT2D eigenvalue weighted by Crippen LogP contribution is -2.32. The average Bonchev–Trinajstić information content (AvgIpc) is 2.84. The van der Waals surface area contributed by atoms with Crippen LogP contribution in [0.2, 0.25) is 0 Å². The Morgan fingerprint density at radius 2 is 2.21 bits per heavy atom. The molecule has 1 saturated heterocycles. The van der Waals surface area contributed by atoms with Crippen molar-refractivity contribution in [2.45, 2.75) is 0 Å². The van der Waals surface area contributed by atoms with Crippen LogP contribution in [0.3, 0.4) is 0 Å². The first-order chi connectivity index (χ1) is 9.24. The molecule has 104 valence electrons. The fourth-order valence-electron chi connectivity index (χ4n) is 2.00. The number of hydrogen-bond donors (Lipinski definition) is 2. The Morgan fingerprint density at radius 3 is 2.84 bits per heavy atom. The highest BCUT2D eigenvalue weighted by molar-refractivity contribution is 5.76. The molecule has 6 nitrogen and oxygen atoms in total. The van der Waals surface area contributed by atoms with E-state index in [0.29, 0.717) is 13.1 Å². The number of urea groups is 1. The van der Waals surface area contributed by atoms with Gasteiger partial charge in [0.15, 0.2) is 0 Å². The topological polar surface area (TPSA) is 62.8 Å². The first-order valence-electron chi connectivity index (χ1n) is 6.23. The number of benzene rings is 1. The third kappa shape index (κ3) is 3.21. The fraction of sp³-hybridized carbons (Fsp3) is 0.462. The highest BCUT2D eigenvalue weighted by Gasteiger charge is 2.18. The van der Waals surface area contributed by atoms with Crippen LogP contribution in [-0.4, -0.2) is 51.3 Å². The summed E-state index contributed by atoms with van der Waals surface area (Å²) < 4.78 is 10.5. The van der Waals surface area contributed by atoms with Gasteiger partial charge in [0.2, 0.25) is 0 Å². The predicted molar refractivity (Wildman–Crippen MR) is 73.0 cm³/mol. The molecule has 0 radical (unpaired) electrons. The molecule has 0 bridgehead atoms. The van der Waals surface area contributed by atoms with E-state index in [0.717, 1.165) is 30.3 Å². The van der Waals surface area contributed by atoms with E-state index in [-0.39, 0.29) is 6.03 Å². The van der Waals surface area contributed by atoms with E-state index in [4.69, 9.17) is 9.47 Å². The molecule has 0 saturated carbocycles. The molecular formula is C13H19N3O3. The molecule has 2 amide bonds. The maximum Gasteiger partial charge on any atom is 0.317 e. The maximum atomic E-state index is 11.4. The van der Waals surface area contributed by atoms with Crippen molar-refractivity contribution in [1.82, 2.24) is 10.2 Å². The van der Waals surface area contributed by atoms with Gasteiger partial charge < -0.3 is 25.0 Å². The van der Waals surface area contributed by atoms with Gasteiger partial charge in [-0.2, -0.15) is 0 Å². The summed E-state index contributed by atoms with van der Waals surface area (Å²) in [5.74, 6) is 1.52. The van der Waals surface area contributed by atoms with Crippen LogP contribution < -0.4 is 20.1 Å². The van der Waals surface area contributed by atoms with Crippen molar-refractivity contribution in [3.05, 3.63) is 18.2 Å². The molecule has 1 aromatic rings. The summed E-state index contributed by atoms with van der Waals surface area (Å²) in [4.78, 5) is 13.2. The third-order valence-corrected chi connectivity index (χ3v) is 3.05. The van der Waals surface area contributed by atoms with Crippen molar-refractivity contribution >= 4 is 11.7 Å². The molecule has 0 unspecified atom stereocenters. The second-order valence-corrected chi connectivity index (χ2v) is 4.21. The fourth-order valence-corrected chi connectivity index (χ4v) is 2.00. The Morgan fingerprint density at radius 1 is 1.37 bits per heavy atom. The van der Waals surface area contributed by atoms with Crippen LogP contribution in [0, 0.1) is 0 Å². The number of nitrogens with zero attached hydrogens (tertiary/aromatic N) is 1. The summed E-state index contributed by atoms with van der Waals surface area (Å²) in [5.41, 5.74) is 0.862. The standard InChI is InChI=1S/C13H19N3O3/c1-18-10-3-4-12(19-2)11(9-10)14-5-7-16-8-6-15-13(16)17/h3-4,9,14H,5-8H2,1-2H3,(H,15,17). The largest absolute Gasteiger partial charge is 0.497 e. The second kappa shape index (κ2) is 6.17. The lowest BCUT2D eigenvalue weighted by Gasteiger charge is -2.16. The molecule has 2 rings (SSSR count). The van der Waals surface area contributed by atoms with Crippen LogP contribution in [0.5, 0.6) is 11.5 Å². The highest BCUT2D eigenvalue weighted by Crippen LogP contribution is 2.28. The quantitative estimate of drug-likeness (QED) is 0.809. The highest BCUT2D eigenvalue weighted by atomic mass is 16.5. The molecule has 1 aromatic carbocycles. The van der Waals surface area contributed by atoms with Crippen LogP contribution in [0.25, 0.3) is 0 Å². The third-order valence-electron chi connectivity index (χ3n) is 3.05. The zero-order chi connectivity index (χ0) is 13.7. The van der Waals surface area contributed by atoms with Gasteiger partial charge in [-0.05, 0) is 12.1 Å². The molecule has 1 aliphatic heterocycles. The maximum absolute atomic E-state index is 11.4. The van der Waals surface area contributed by atoms with E-state index in [2.05, 4.69) is 10.6 Å². The molecule has 0 atom stereocenters. The van der Waals surface area contributed by atoms with E-state index in [1.165, 1.54) is 0 Å². The number of amides is 2. The number of carbonyl (C=O) groups is 1. The number of methoxy groups -OCH3 is 2. The Bertz CT molecular complexity index is 451. The summed E-state index contributed by atoms with van der Waals surface area (Å²) in [5, 5.41) is 6.03. The van der Waals surface area contributed by atoms with E-state index in [9.17, 15) is 4.79 Å². The molecule has 6 heteroatoms. The number of ether oxygens (including phenoxy) is 2. The van der Waals surface area contributed by atoms with Gasteiger partial charge in [-0.1, -0.05) is 0 Å². The molecule has 1 aliphatic rings. The summed E-state index contributed by atoms with van der Waals surface area (Å²) in [6, 6.07) is 5.57. The van der Waals surface area contributed by atoms with Crippen LogP contribution in [0.1, 0.15) is 0 Å². The van der Waals surface area contributed by atoms with Crippen molar-refractivity contribution in [2.24, 2.45) is 0 Å². The number of nitrogens with one attached hydrogen (secondary N) is 2. The zero-order valence-electron chi connectivity index (χ0n) is 11.2. The minimum absolute atomic E-state index is 0.000549. The summed E-state index contributed by atoms with van der Waals surface area (Å²) >= 11 is 0. The van der Waals surface area contributed by atoms with Gasteiger partial charge in [-0.25, -0.2) is 4.79 Å². The molecule has 2 N–H and O–H groups in total. The number of anilines is 1. The minimum Gasteiger partial charge on any atom is -0.497 e. The Kier molecular flexibility index (Phi) is 4.33. The van der Waals surface area contributed by atoms with Crippen molar-refractivity contribution < 1.29 is 14.3 Å². The predicted octanol–water partition coefficient (Wildman–Crippen LogP) is 1.14. The van der Waals surface area contributed by atoms with Crippen LogP contribution in [0.4, 0.5) is 10.5 Å². The zero-order valence-corrected chi connectivity index (χ0v) is 11.2. The Balaban J connectivity index is 1.92. The van der Waals surface area contributed by atoms with Crippen LogP contribution in [0.15, 0.2) is 18.2 Å². The normalized spacial score (nSPS) is 14.2. The minimum atomic E-state index is -0.000549. The molecule has 19 heavy (non-hydrogen) atoms. The lowest BCUT2D eigenvalue weighted by molar-refractivity contribution is 0.219. The number of rotatable bonds is 6. The Hall–Kier alpha value is -2.11. The molecule has 0 spiro atoms. The van der Waals surface area contributed by atoms with Gasteiger partial charge in [0.1, 0.15) is 11.5 Å². The molecular weight excluding hydrogens is 246 g/mol. The summed E-state index contributed by atoms with van der Waals surface area (Å²) in [6.07, 6.45) is 0. The van der Waals surface area contributed by atoms with E-state index in [1.54, 1.807) is 19.1 Å². The summed E-state index contributed by atoms with van der Waals surface area (Å²) in [6.45, 7) is 2.81. The van der Waals surface area contributed by atoms with Gasteiger partial charge in [0.25, 0.3) is 0 Å². The summed E-state index contributed by atoms with van der Waals surface area (Å²) in [7, 11) is 3.25. The average molecular weight is 265 g/mol. The SMILES string of the molecule is COc1ccc(OC)c(NCCN2CCNC2=O)c1. The van der Waals surface area contributed by atoms with E-state index in [1.807, 2.05) is 18.2 Å². The second-order valence-electron chi connectivity index (χ2n) is 4.21. The molecule has 0 aliphatic carbocycles. The monoisotopic (exact) mass is 265 g/mol. The van der Waals surface area contributed by atoms with Gasteiger partial charge in [-0.15, -0.1) is 0 Å². The smallest absolute Gasteiger partial charge is 0.317 e. The number of hydrogen-bond acceptors (Lipinski definition) is 4. The van der Waals surface area contributed by atoms with Gasteiger partial charge in [0.05, 0.1) is 19.9 Å².